The Bertz CT molecular complexity index is 543. The van der Waals surface area contributed by atoms with Gasteiger partial charge in [0.15, 0.2) is 0 Å². The van der Waals surface area contributed by atoms with Crippen molar-refractivity contribution in [2.75, 3.05) is 19.7 Å². The van der Waals surface area contributed by atoms with Crippen LogP contribution in [0.1, 0.15) is 32.6 Å². The normalized spacial score (nSPS) is 20.4. The molecule has 0 bridgehead atoms. The summed E-state index contributed by atoms with van der Waals surface area (Å²) in [7, 11) is -3.46. The summed E-state index contributed by atoms with van der Waals surface area (Å²) in [6.07, 6.45) is 3.70. The first-order valence-corrected chi connectivity index (χ1v) is 8.98. The Hall–Kier alpha value is -1.11. The average molecular weight is 312 g/mol. The summed E-state index contributed by atoms with van der Waals surface area (Å²) in [5, 5.41) is 0. The summed E-state index contributed by atoms with van der Waals surface area (Å²) < 4.78 is 32.5. The van der Waals surface area contributed by atoms with Crippen molar-refractivity contribution in [1.29, 1.82) is 0 Å². The molecule has 1 atom stereocenters. The lowest BCUT2D eigenvalue weighted by molar-refractivity contribution is 0.257. The molecular weight excluding hydrogens is 288 g/mol. The van der Waals surface area contributed by atoms with Crippen molar-refractivity contribution in [3.8, 4) is 5.75 Å². The molecule has 21 heavy (non-hydrogen) atoms. The molecule has 1 saturated heterocycles. The Labute approximate surface area is 127 Å². The Kier molecular flexibility index (Phi) is 5.61. The number of hydrogen-bond donors (Lipinski definition) is 1. The van der Waals surface area contributed by atoms with Crippen molar-refractivity contribution in [2.24, 2.45) is 5.73 Å². The third-order valence-electron chi connectivity index (χ3n) is 3.75. The van der Waals surface area contributed by atoms with Gasteiger partial charge in [0, 0.05) is 19.1 Å². The quantitative estimate of drug-likeness (QED) is 0.871. The second kappa shape index (κ2) is 7.24. The zero-order valence-corrected chi connectivity index (χ0v) is 13.3. The molecule has 0 aliphatic carbocycles. The van der Waals surface area contributed by atoms with E-state index in [-0.39, 0.29) is 6.04 Å². The first-order chi connectivity index (χ1) is 10.1. The predicted molar refractivity (Wildman–Crippen MR) is 82.8 cm³/mol. The van der Waals surface area contributed by atoms with Gasteiger partial charge in [0.25, 0.3) is 0 Å². The molecule has 1 unspecified atom stereocenters. The van der Waals surface area contributed by atoms with E-state index in [0.717, 1.165) is 25.7 Å². The van der Waals surface area contributed by atoms with Gasteiger partial charge in [-0.3, -0.25) is 0 Å². The standard InChI is InChI=1S/C15H24N2O3S/c1-2-11-20-14-6-8-15(9-7-14)21(18,19)17-10-4-3-5-13(17)12-16/h6-9,13H,2-5,10-12,16H2,1H3. The molecule has 2 N–H and O–H groups in total. The van der Waals surface area contributed by atoms with Crippen LogP contribution in [0.4, 0.5) is 0 Å². The van der Waals surface area contributed by atoms with Gasteiger partial charge in [-0.25, -0.2) is 8.42 Å². The molecule has 0 saturated carbocycles. The minimum atomic E-state index is -3.46. The molecule has 1 aliphatic heterocycles. The third kappa shape index (κ3) is 3.75. The Morgan fingerprint density at radius 2 is 2.00 bits per heavy atom. The molecule has 1 heterocycles. The summed E-state index contributed by atoms with van der Waals surface area (Å²) in [6.45, 7) is 3.59. The van der Waals surface area contributed by atoms with Crippen LogP contribution in [0.15, 0.2) is 29.2 Å². The van der Waals surface area contributed by atoms with Gasteiger partial charge >= 0.3 is 0 Å². The van der Waals surface area contributed by atoms with Crippen LogP contribution in [0.5, 0.6) is 5.75 Å². The molecular formula is C15H24N2O3S. The van der Waals surface area contributed by atoms with Crippen LogP contribution < -0.4 is 10.5 Å². The van der Waals surface area contributed by atoms with E-state index in [9.17, 15) is 8.42 Å². The lowest BCUT2D eigenvalue weighted by Gasteiger charge is -2.33. The summed E-state index contributed by atoms with van der Waals surface area (Å²) in [4.78, 5) is 0.312. The highest BCUT2D eigenvalue weighted by atomic mass is 32.2. The molecule has 6 heteroatoms. The van der Waals surface area contributed by atoms with Crippen LogP contribution >= 0.6 is 0 Å². The fourth-order valence-corrected chi connectivity index (χ4v) is 4.29. The minimum Gasteiger partial charge on any atom is -0.494 e. The fourth-order valence-electron chi connectivity index (χ4n) is 2.59. The van der Waals surface area contributed by atoms with Crippen molar-refractivity contribution in [1.82, 2.24) is 4.31 Å². The number of nitrogens with zero attached hydrogens (tertiary/aromatic N) is 1. The SMILES string of the molecule is CCCOc1ccc(S(=O)(=O)N2CCCCC2CN)cc1. The van der Waals surface area contributed by atoms with E-state index in [1.807, 2.05) is 6.92 Å². The van der Waals surface area contributed by atoms with E-state index in [0.29, 0.717) is 30.3 Å². The van der Waals surface area contributed by atoms with Crippen molar-refractivity contribution in [2.45, 2.75) is 43.5 Å². The molecule has 0 radical (unpaired) electrons. The van der Waals surface area contributed by atoms with E-state index in [2.05, 4.69) is 0 Å². The number of piperidine rings is 1. The van der Waals surface area contributed by atoms with E-state index < -0.39 is 10.0 Å². The average Bonchev–Trinajstić information content (AvgIpc) is 2.53. The van der Waals surface area contributed by atoms with Crippen molar-refractivity contribution >= 4 is 10.0 Å². The smallest absolute Gasteiger partial charge is 0.243 e. The minimum absolute atomic E-state index is 0.0835. The maximum atomic E-state index is 12.7. The van der Waals surface area contributed by atoms with Crippen LogP contribution in [-0.2, 0) is 10.0 Å². The molecule has 118 valence electrons. The molecule has 1 aromatic carbocycles. The Morgan fingerprint density at radius 1 is 1.29 bits per heavy atom. The van der Waals surface area contributed by atoms with Crippen molar-refractivity contribution in [3.63, 3.8) is 0 Å². The molecule has 5 nitrogen and oxygen atoms in total. The van der Waals surface area contributed by atoms with Crippen molar-refractivity contribution in [3.05, 3.63) is 24.3 Å². The number of sulfonamides is 1. The maximum Gasteiger partial charge on any atom is 0.243 e. The molecule has 2 rings (SSSR count). The van der Waals surface area contributed by atoms with Crippen LogP contribution in [-0.4, -0.2) is 38.5 Å². The van der Waals surface area contributed by atoms with Gasteiger partial charge < -0.3 is 10.5 Å². The monoisotopic (exact) mass is 312 g/mol. The van der Waals surface area contributed by atoms with E-state index >= 15 is 0 Å². The largest absolute Gasteiger partial charge is 0.494 e. The fraction of sp³-hybridized carbons (Fsp3) is 0.600. The number of nitrogens with two attached hydrogens (primary N) is 1. The van der Waals surface area contributed by atoms with Gasteiger partial charge in [-0.05, 0) is 43.5 Å². The number of ether oxygens (including phenoxy) is 1. The van der Waals surface area contributed by atoms with Gasteiger partial charge in [0.1, 0.15) is 5.75 Å². The molecule has 0 aromatic heterocycles. The first-order valence-electron chi connectivity index (χ1n) is 7.54. The summed E-state index contributed by atoms with van der Waals surface area (Å²) in [5.41, 5.74) is 5.72. The highest BCUT2D eigenvalue weighted by Crippen LogP contribution is 2.26. The molecule has 0 amide bonds. The Balaban J connectivity index is 2.18. The van der Waals surface area contributed by atoms with Gasteiger partial charge in [-0.1, -0.05) is 13.3 Å². The summed E-state index contributed by atoms with van der Waals surface area (Å²) in [5.74, 6) is 0.699. The van der Waals surface area contributed by atoms with Crippen LogP contribution in [0.25, 0.3) is 0 Å². The molecule has 1 fully saturated rings. The van der Waals surface area contributed by atoms with E-state index in [1.165, 1.54) is 0 Å². The van der Waals surface area contributed by atoms with Crippen molar-refractivity contribution < 1.29 is 13.2 Å². The van der Waals surface area contributed by atoms with E-state index in [1.54, 1.807) is 28.6 Å². The topological polar surface area (TPSA) is 72.6 Å². The maximum absolute atomic E-state index is 12.7. The van der Waals surface area contributed by atoms with E-state index in [4.69, 9.17) is 10.5 Å². The third-order valence-corrected chi connectivity index (χ3v) is 5.71. The number of hydrogen-bond acceptors (Lipinski definition) is 4. The predicted octanol–water partition coefficient (Wildman–Crippen LogP) is 1.98. The number of rotatable bonds is 6. The number of benzene rings is 1. The lowest BCUT2D eigenvalue weighted by Crippen LogP contribution is -2.47. The molecule has 1 aliphatic rings. The molecule has 1 aromatic rings. The first kappa shape index (κ1) is 16.3. The Morgan fingerprint density at radius 3 is 2.62 bits per heavy atom. The summed E-state index contributed by atoms with van der Waals surface area (Å²) in [6, 6.07) is 6.57. The second-order valence-electron chi connectivity index (χ2n) is 5.32. The van der Waals surface area contributed by atoms with Crippen LogP contribution in [0.3, 0.4) is 0 Å². The van der Waals surface area contributed by atoms with Gasteiger partial charge in [0.05, 0.1) is 11.5 Å². The molecule has 0 spiro atoms. The van der Waals surface area contributed by atoms with Crippen LogP contribution in [0.2, 0.25) is 0 Å². The lowest BCUT2D eigenvalue weighted by atomic mass is 10.1. The highest BCUT2D eigenvalue weighted by molar-refractivity contribution is 7.89. The zero-order chi connectivity index (χ0) is 15.3. The summed E-state index contributed by atoms with van der Waals surface area (Å²) >= 11 is 0. The highest BCUT2D eigenvalue weighted by Gasteiger charge is 2.32. The van der Waals surface area contributed by atoms with Gasteiger partial charge in [0.2, 0.25) is 10.0 Å². The van der Waals surface area contributed by atoms with Gasteiger partial charge in [-0.2, -0.15) is 4.31 Å². The van der Waals surface area contributed by atoms with Gasteiger partial charge in [-0.15, -0.1) is 0 Å². The zero-order valence-electron chi connectivity index (χ0n) is 12.5. The van der Waals surface area contributed by atoms with Crippen LogP contribution in [0, 0.1) is 0 Å². The second-order valence-corrected chi connectivity index (χ2v) is 7.21.